The van der Waals surface area contributed by atoms with Gasteiger partial charge >= 0.3 is 6.18 Å². The van der Waals surface area contributed by atoms with Gasteiger partial charge in [0.05, 0.1) is 6.61 Å². The maximum atomic E-state index is 12.3. The summed E-state index contributed by atoms with van der Waals surface area (Å²) >= 11 is 5.46. The molecule has 1 aromatic heterocycles. The fraction of sp³-hybridized carbons (Fsp3) is 0.556. The summed E-state index contributed by atoms with van der Waals surface area (Å²) in [5.74, 6) is -0.965. The van der Waals surface area contributed by atoms with E-state index in [-0.39, 0.29) is 11.0 Å². The zero-order valence-electron chi connectivity index (χ0n) is 8.09. The predicted molar refractivity (Wildman–Crippen MR) is 50.3 cm³/mol. The molecule has 16 heavy (non-hydrogen) atoms. The lowest BCUT2D eigenvalue weighted by Crippen LogP contribution is -2.12. The van der Waals surface area contributed by atoms with Crippen molar-refractivity contribution in [2.45, 2.75) is 19.0 Å². The van der Waals surface area contributed by atoms with Gasteiger partial charge < -0.3 is 4.74 Å². The molecule has 3 nitrogen and oxygen atoms in total. The number of aromatic nitrogens is 2. The van der Waals surface area contributed by atoms with Crippen LogP contribution < -0.4 is 4.74 Å². The molecule has 0 bridgehead atoms. The Labute approximate surface area is 94.6 Å². The zero-order valence-corrected chi connectivity index (χ0v) is 8.85. The van der Waals surface area contributed by atoms with Crippen molar-refractivity contribution in [1.82, 2.24) is 9.97 Å². The van der Waals surface area contributed by atoms with Crippen LogP contribution in [0, 0.1) is 5.92 Å². The SMILES string of the molecule is FC(F)(F)c1nc(Cl)cc(OCC2CC2)n1. The van der Waals surface area contributed by atoms with Crippen LogP contribution in [0.3, 0.4) is 0 Å². The molecule has 2 rings (SSSR count). The summed E-state index contributed by atoms with van der Waals surface area (Å²) in [4.78, 5) is 6.36. The highest BCUT2D eigenvalue weighted by Gasteiger charge is 2.35. The monoisotopic (exact) mass is 252 g/mol. The van der Waals surface area contributed by atoms with Gasteiger partial charge in [-0.15, -0.1) is 0 Å². The van der Waals surface area contributed by atoms with E-state index >= 15 is 0 Å². The number of halogens is 4. The van der Waals surface area contributed by atoms with Crippen molar-refractivity contribution >= 4 is 11.6 Å². The van der Waals surface area contributed by atoms with Gasteiger partial charge in [-0.2, -0.15) is 18.2 Å². The molecule has 1 heterocycles. The van der Waals surface area contributed by atoms with E-state index in [1.54, 1.807) is 0 Å². The normalized spacial score (nSPS) is 16.2. The molecule has 0 N–H and O–H groups in total. The van der Waals surface area contributed by atoms with Gasteiger partial charge in [-0.25, -0.2) is 4.98 Å². The number of ether oxygens (including phenoxy) is 1. The van der Waals surface area contributed by atoms with Crippen molar-refractivity contribution < 1.29 is 17.9 Å². The number of rotatable bonds is 3. The van der Waals surface area contributed by atoms with Crippen LogP contribution in [0.4, 0.5) is 13.2 Å². The minimum atomic E-state index is -4.61. The Kier molecular flexibility index (Phi) is 2.92. The van der Waals surface area contributed by atoms with Crippen LogP contribution in [0.5, 0.6) is 5.88 Å². The fourth-order valence-electron chi connectivity index (χ4n) is 1.09. The molecule has 0 radical (unpaired) electrons. The third kappa shape index (κ3) is 2.98. The second-order valence-corrected chi connectivity index (χ2v) is 3.99. The largest absolute Gasteiger partial charge is 0.477 e. The molecule has 1 fully saturated rings. The van der Waals surface area contributed by atoms with E-state index in [1.807, 2.05) is 0 Å². The molecule has 1 saturated carbocycles. The summed E-state index contributed by atoms with van der Waals surface area (Å²) in [6, 6.07) is 1.18. The lowest BCUT2D eigenvalue weighted by molar-refractivity contribution is -0.145. The topological polar surface area (TPSA) is 35.0 Å². The van der Waals surface area contributed by atoms with Crippen LogP contribution in [-0.2, 0) is 6.18 Å². The van der Waals surface area contributed by atoms with Crippen LogP contribution in [0.25, 0.3) is 0 Å². The second-order valence-electron chi connectivity index (χ2n) is 3.60. The Morgan fingerprint density at radius 3 is 2.62 bits per heavy atom. The first kappa shape index (κ1) is 11.4. The summed E-state index contributed by atoms with van der Waals surface area (Å²) in [5, 5.41) is -0.270. The van der Waals surface area contributed by atoms with Gasteiger partial charge in [0.25, 0.3) is 0 Å². The van der Waals surface area contributed by atoms with Crippen molar-refractivity contribution in [3.63, 3.8) is 0 Å². The second kappa shape index (κ2) is 4.08. The molecule has 0 aliphatic heterocycles. The first-order chi connectivity index (χ1) is 7.45. The summed E-state index contributed by atoms with van der Waals surface area (Å²) < 4.78 is 42.1. The lowest BCUT2D eigenvalue weighted by Gasteiger charge is -2.08. The number of alkyl halides is 3. The third-order valence-electron chi connectivity index (χ3n) is 2.09. The first-order valence-corrected chi connectivity index (χ1v) is 5.07. The fourth-order valence-corrected chi connectivity index (χ4v) is 1.26. The third-order valence-corrected chi connectivity index (χ3v) is 2.28. The maximum absolute atomic E-state index is 12.3. The van der Waals surface area contributed by atoms with Crippen molar-refractivity contribution in [3.8, 4) is 5.88 Å². The summed E-state index contributed by atoms with van der Waals surface area (Å²) in [6.07, 6.45) is -2.52. The molecule has 1 aromatic rings. The molecule has 7 heteroatoms. The van der Waals surface area contributed by atoms with Gasteiger partial charge in [-0.05, 0) is 18.8 Å². The smallest absolute Gasteiger partial charge is 0.451 e. The Bertz CT molecular complexity index is 393. The van der Waals surface area contributed by atoms with Gasteiger partial charge in [-0.3, -0.25) is 0 Å². The molecular weight excluding hydrogens is 245 g/mol. The maximum Gasteiger partial charge on any atom is 0.451 e. The minimum Gasteiger partial charge on any atom is -0.477 e. The number of nitrogens with zero attached hydrogens (tertiary/aromatic N) is 2. The first-order valence-electron chi connectivity index (χ1n) is 4.70. The molecule has 0 spiro atoms. The van der Waals surface area contributed by atoms with Crippen LogP contribution in [0.1, 0.15) is 18.7 Å². The molecular formula is C9H8ClF3N2O. The van der Waals surface area contributed by atoms with Crippen LogP contribution in [-0.4, -0.2) is 16.6 Å². The van der Waals surface area contributed by atoms with Gasteiger partial charge in [0.15, 0.2) is 0 Å². The van der Waals surface area contributed by atoms with Crippen LogP contribution in [0.2, 0.25) is 5.15 Å². The standard InChI is InChI=1S/C9H8ClF3N2O/c10-6-3-7(16-4-5-1-2-5)15-8(14-6)9(11,12)13/h3,5H,1-2,4H2. The highest BCUT2D eigenvalue weighted by Crippen LogP contribution is 2.31. The summed E-state index contributed by atoms with van der Waals surface area (Å²) in [6.45, 7) is 0.380. The Morgan fingerprint density at radius 1 is 1.38 bits per heavy atom. The van der Waals surface area contributed by atoms with E-state index in [0.717, 1.165) is 12.8 Å². The van der Waals surface area contributed by atoms with Crippen molar-refractivity contribution in [2.24, 2.45) is 5.92 Å². The van der Waals surface area contributed by atoms with Gasteiger partial charge in [0, 0.05) is 6.07 Å². The Balaban J connectivity index is 2.14. The quantitative estimate of drug-likeness (QED) is 0.776. The zero-order chi connectivity index (χ0) is 11.8. The molecule has 1 aliphatic rings. The van der Waals surface area contributed by atoms with Crippen LogP contribution in [0.15, 0.2) is 6.07 Å². The van der Waals surface area contributed by atoms with E-state index in [0.29, 0.717) is 12.5 Å². The molecule has 0 atom stereocenters. The van der Waals surface area contributed by atoms with Gasteiger partial charge in [-0.1, -0.05) is 11.6 Å². The molecule has 0 amide bonds. The van der Waals surface area contributed by atoms with Crippen molar-refractivity contribution in [3.05, 3.63) is 17.0 Å². The highest BCUT2D eigenvalue weighted by molar-refractivity contribution is 6.29. The van der Waals surface area contributed by atoms with E-state index in [9.17, 15) is 13.2 Å². The van der Waals surface area contributed by atoms with E-state index in [4.69, 9.17) is 16.3 Å². The summed E-state index contributed by atoms with van der Waals surface area (Å²) in [7, 11) is 0. The van der Waals surface area contributed by atoms with Gasteiger partial charge in [0.2, 0.25) is 11.7 Å². The average Bonchev–Trinajstić information content (AvgIpc) is 2.96. The number of hydrogen-bond donors (Lipinski definition) is 0. The highest BCUT2D eigenvalue weighted by atomic mass is 35.5. The van der Waals surface area contributed by atoms with Crippen molar-refractivity contribution in [2.75, 3.05) is 6.61 Å². The molecule has 88 valence electrons. The van der Waals surface area contributed by atoms with E-state index < -0.39 is 12.0 Å². The Hall–Kier alpha value is -1.04. The molecule has 0 unspecified atom stereocenters. The van der Waals surface area contributed by atoms with Gasteiger partial charge in [0.1, 0.15) is 5.15 Å². The summed E-state index contributed by atoms with van der Waals surface area (Å²) in [5.41, 5.74) is 0. The molecule has 0 saturated heterocycles. The van der Waals surface area contributed by atoms with E-state index in [1.165, 1.54) is 6.07 Å². The average molecular weight is 253 g/mol. The Morgan fingerprint density at radius 2 is 2.06 bits per heavy atom. The molecule has 1 aliphatic carbocycles. The predicted octanol–water partition coefficient (Wildman–Crippen LogP) is 2.94. The number of hydrogen-bond acceptors (Lipinski definition) is 3. The van der Waals surface area contributed by atoms with Crippen molar-refractivity contribution in [1.29, 1.82) is 0 Å². The lowest BCUT2D eigenvalue weighted by atomic mass is 10.5. The van der Waals surface area contributed by atoms with E-state index in [2.05, 4.69) is 9.97 Å². The van der Waals surface area contributed by atoms with Crippen LogP contribution >= 0.6 is 11.6 Å². The minimum absolute atomic E-state index is 0.126. The molecule has 0 aromatic carbocycles.